The van der Waals surface area contributed by atoms with Crippen LogP contribution in [0, 0.1) is 6.92 Å². The molecule has 9 nitrogen and oxygen atoms in total. The van der Waals surface area contributed by atoms with Crippen LogP contribution in [0.2, 0.25) is 0 Å². The predicted molar refractivity (Wildman–Crippen MR) is 122 cm³/mol. The van der Waals surface area contributed by atoms with Crippen molar-refractivity contribution in [2.24, 2.45) is 0 Å². The molecule has 1 aliphatic rings. The number of aryl methyl sites for hydroxylation is 1. The number of nitrogens with zero attached hydrogens (tertiary/aromatic N) is 6. The van der Waals surface area contributed by atoms with Crippen LogP contribution in [0.4, 0.5) is 11.6 Å². The third-order valence-electron chi connectivity index (χ3n) is 5.69. The van der Waals surface area contributed by atoms with E-state index >= 15 is 0 Å². The molecule has 0 unspecified atom stereocenters. The largest absolute Gasteiger partial charge is 0.459 e. The maximum Gasteiger partial charge on any atom is 0.336 e. The van der Waals surface area contributed by atoms with E-state index in [4.69, 9.17) is 15.5 Å². The molecule has 0 bridgehead atoms. The summed E-state index contributed by atoms with van der Waals surface area (Å²) in [6, 6.07) is 2.49. The van der Waals surface area contributed by atoms with Crippen molar-refractivity contribution in [2.75, 3.05) is 36.8 Å². The minimum atomic E-state index is 0.0817. The second-order valence-corrected chi connectivity index (χ2v) is 8.10. The summed E-state index contributed by atoms with van der Waals surface area (Å²) in [6.45, 7) is 10.3. The van der Waals surface area contributed by atoms with Crippen molar-refractivity contribution in [2.45, 2.75) is 52.6 Å². The van der Waals surface area contributed by atoms with Gasteiger partial charge in [0.1, 0.15) is 11.9 Å². The molecule has 3 N–H and O–H groups in total. The first kappa shape index (κ1) is 21.3. The van der Waals surface area contributed by atoms with Crippen LogP contribution in [-0.4, -0.2) is 56.8 Å². The van der Waals surface area contributed by atoms with Gasteiger partial charge in [0.15, 0.2) is 11.5 Å². The second-order valence-electron chi connectivity index (χ2n) is 8.10. The van der Waals surface area contributed by atoms with Crippen molar-refractivity contribution in [1.82, 2.24) is 29.9 Å². The number of rotatable bonds is 8. The van der Waals surface area contributed by atoms with Crippen LogP contribution < -0.4 is 20.7 Å². The number of hydrogen-bond donors (Lipinski definition) is 2. The number of pyridine rings is 1. The van der Waals surface area contributed by atoms with Gasteiger partial charge in [-0.3, -0.25) is 0 Å². The Bertz CT molecular complexity index is 1030. The Kier molecular flexibility index (Phi) is 6.50. The predicted octanol–water partition coefficient (Wildman–Crippen LogP) is 2.37. The monoisotopic (exact) mass is 424 g/mol. The molecule has 1 fully saturated rings. The Morgan fingerprint density at radius 1 is 1.19 bits per heavy atom. The first-order valence-electron chi connectivity index (χ1n) is 11.2. The average molecular weight is 425 g/mol. The van der Waals surface area contributed by atoms with E-state index in [1.165, 1.54) is 5.56 Å². The lowest BCUT2D eigenvalue weighted by atomic mass is 10.1. The smallest absolute Gasteiger partial charge is 0.336 e. The molecule has 0 radical (unpaired) electrons. The van der Waals surface area contributed by atoms with E-state index in [0.717, 1.165) is 62.5 Å². The third-order valence-corrected chi connectivity index (χ3v) is 5.69. The molecule has 31 heavy (non-hydrogen) atoms. The lowest BCUT2D eigenvalue weighted by Crippen LogP contribution is -2.44. The number of nitrogens with two attached hydrogens (primary N) is 1. The van der Waals surface area contributed by atoms with E-state index in [1.54, 1.807) is 10.7 Å². The maximum absolute atomic E-state index is 6.14. The SMILES string of the molecule is CCC[C@H](CC)Oc1nc(N)c2ncc(Cc3cnc(N4CCNCC4)c(C)c3)n2n1. The summed E-state index contributed by atoms with van der Waals surface area (Å²) in [4.78, 5) is 15.8. The molecule has 9 heteroatoms. The van der Waals surface area contributed by atoms with Gasteiger partial charge in [0.25, 0.3) is 0 Å². The summed E-state index contributed by atoms with van der Waals surface area (Å²) in [5, 5.41) is 7.96. The summed E-state index contributed by atoms with van der Waals surface area (Å²) < 4.78 is 7.74. The minimum Gasteiger partial charge on any atom is -0.459 e. The molecule has 1 aliphatic heterocycles. The fraction of sp³-hybridized carbons (Fsp3) is 0.545. The Labute approximate surface area is 183 Å². The summed E-state index contributed by atoms with van der Waals surface area (Å²) in [5.41, 5.74) is 9.90. The van der Waals surface area contributed by atoms with E-state index < -0.39 is 0 Å². The van der Waals surface area contributed by atoms with Crippen LogP contribution >= 0.6 is 0 Å². The number of imidazole rings is 1. The van der Waals surface area contributed by atoms with Gasteiger partial charge in [0, 0.05) is 38.8 Å². The van der Waals surface area contributed by atoms with Gasteiger partial charge in [0.2, 0.25) is 0 Å². The van der Waals surface area contributed by atoms with Crippen LogP contribution in [0.1, 0.15) is 49.9 Å². The fourth-order valence-corrected chi connectivity index (χ4v) is 4.06. The number of aromatic nitrogens is 5. The zero-order valence-corrected chi connectivity index (χ0v) is 18.6. The van der Waals surface area contributed by atoms with Crippen molar-refractivity contribution >= 4 is 17.3 Å². The van der Waals surface area contributed by atoms with Crippen molar-refractivity contribution in [1.29, 1.82) is 0 Å². The zero-order valence-electron chi connectivity index (χ0n) is 18.6. The van der Waals surface area contributed by atoms with Crippen LogP contribution in [0.3, 0.4) is 0 Å². The molecule has 166 valence electrons. The first-order chi connectivity index (χ1) is 15.1. The molecule has 4 rings (SSSR count). The molecule has 1 atom stereocenters. The Morgan fingerprint density at radius 3 is 2.71 bits per heavy atom. The Balaban J connectivity index is 1.57. The van der Waals surface area contributed by atoms with E-state index in [2.05, 4.69) is 52.1 Å². The quantitative estimate of drug-likeness (QED) is 0.568. The van der Waals surface area contributed by atoms with Crippen molar-refractivity contribution < 1.29 is 4.74 Å². The fourth-order valence-electron chi connectivity index (χ4n) is 4.06. The van der Waals surface area contributed by atoms with Gasteiger partial charge < -0.3 is 20.7 Å². The Morgan fingerprint density at radius 2 is 2.00 bits per heavy atom. The van der Waals surface area contributed by atoms with Gasteiger partial charge in [-0.2, -0.15) is 4.98 Å². The molecular weight excluding hydrogens is 392 g/mol. The van der Waals surface area contributed by atoms with E-state index in [9.17, 15) is 0 Å². The van der Waals surface area contributed by atoms with Crippen LogP contribution in [-0.2, 0) is 6.42 Å². The lowest BCUT2D eigenvalue weighted by molar-refractivity contribution is 0.167. The van der Waals surface area contributed by atoms with Crippen LogP contribution in [0.5, 0.6) is 6.01 Å². The zero-order chi connectivity index (χ0) is 21.8. The lowest BCUT2D eigenvalue weighted by Gasteiger charge is -2.29. The Hall–Kier alpha value is -2.94. The maximum atomic E-state index is 6.14. The first-order valence-corrected chi connectivity index (χ1v) is 11.2. The molecular formula is C22H32N8O. The highest BCUT2D eigenvalue weighted by atomic mass is 16.5. The number of hydrogen-bond acceptors (Lipinski definition) is 8. The molecule has 3 aromatic heterocycles. The number of anilines is 2. The molecule has 4 heterocycles. The number of fused-ring (bicyclic) bond motifs is 1. The van der Waals surface area contributed by atoms with Crippen molar-refractivity contribution in [3.8, 4) is 6.01 Å². The highest BCUT2D eigenvalue weighted by Crippen LogP contribution is 2.22. The van der Waals surface area contributed by atoms with Gasteiger partial charge in [-0.25, -0.2) is 14.5 Å². The molecule has 0 saturated carbocycles. The summed E-state index contributed by atoms with van der Waals surface area (Å²) in [5.74, 6) is 1.39. The number of nitrogens with one attached hydrogen (secondary N) is 1. The third kappa shape index (κ3) is 4.71. The van der Waals surface area contributed by atoms with Crippen LogP contribution in [0.25, 0.3) is 5.65 Å². The minimum absolute atomic E-state index is 0.0817. The van der Waals surface area contributed by atoms with Gasteiger partial charge in [-0.05, 0) is 30.9 Å². The van der Waals surface area contributed by atoms with E-state index in [1.807, 2.05) is 6.20 Å². The highest BCUT2D eigenvalue weighted by Gasteiger charge is 2.17. The molecule has 0 aromatic carbocycles. The topological polar surface area (TPSA) is 106 Å². The molecule has 1 saturated heterocycles. The summed E-state index contributed by atoms with van der Waals surface area (Å²) >= 11 is 0. The summed E-state index contributed by atoms with van der Waals surface area (Å²) in [6.07, 6.45) is 7.38. The number of piperazine rings is 1. The average Bonchev–Trinajstić information content (AvgIpc) is 3.17. The van der Waals surface area contributed by atoms with Gasteiger partial charge in [-0.15, -0.1) is 5.10 Å². The van der Waals surface area contributed by atoms with Crippen LogP contribution in [0.15, 0.2) is 18.5 Å². The van der Waals surface area contributed by atoms with Gasteiger partial charge in [-0.1, -0.05) is 26.3 Å². The van der Waals surface area contributed by atoms with Gasteiger partial charge >= 0.3 is 6.01 Å². The second kappa shape index (κ2) is 9.47. The molecule has 0 spiro atoms. The van der Waals surface area contributed by atoms with E-state index in [0.29, 0.717) is 23.9 Å². The molecule has 3 aromatic rings. The van der Waals surface area contributed by atoms with Crippen molar-refractivity contribution in [3.05, 3.63) is 35.3 Å². The van der Waals surface area contributed by atoms with Crippen molar-refractivity contribution in [3.63, 3.8) is 0 Å². The molecule has 0 aliphatic carbocycles. The standard InChI is InChI=1S/C22H32N8O/c1-4-6-18(5-2)31-22-27-19(23)21-26-14-17(30(21)28-22)12-16-11-15(3)20(25-13-16)29-9-7-24-8-10-29/h11,13-14,18,24H,4-10,12H2,1-3H3,(H2,23,27,28)/t18-/m0/s1. The normalized spacial score (nSPS) is 15.4. The molecule has 0 amide bonds. The van der Waals surface area contributed by atoms with Gasteiger partial charge in [0.05, 0.1) is 11.9 Å². The highest BCUT2D eigenvalue weighted by molar-refractivity contribution is 5.60. The van der Waals surface area contributed by atoms with E-state index in [-0.39, 0.29) is 6.10 Å². The summed E-state index contributed by atoms with van der Waals surface area (Å²) in [7, 11) is 0. The number of nitrogen functional groups attached to an aromatic ring is 1. The number of ether oxygens (including phenoxy) is 1.